The molecule has 1 N–H and O–H groups in total. The molecule has 1 aliphatic rings. The highest BCUT2D eigenvalue weighted by Crippen LogP contribution is 2.34. The lowest BCUT2D eigenvalue weighted by atomic mass is 10.1. The summed E-state index contributed by atoms with van der Waals surface area (Å²) in [6, 6.07) is 14.3. The summed E-state index contributed by atoms with van der Waals surface area (Å²) in [7, 11) is 0. The summed E-state index contributed by atoms with van der Waals surface area (Å²) in [4.78, 5) is 12.5. The number of aromatic nitrogens is 1. The van der Waals surface area contributed by atoms with E-state index in [0.29, 0.717) is 48.5 Å². The van der Waals surface area contributed by atoms with Gasteiger partial charge in [0.2, 0.25) is 0 Å². The third-order valence-corrected chi connectivity index (χ3v) is 4.00. The third-order valence-electron chi connectivity index (χ3n) is 4.00. The van der Waals surface area contributed by atoms with E-state index in [4.69, 9.17) is 18.7 Å². The average molecular weight is 366 g/mol. The Hall–Kier alpha value is -3.48. The molecule has 2 aromatic carbocycles. The molecule has 0 fully saturated rings. The fraction of sp³-hybridized carbons (Fsp3) is 0.200. The molecule has 0 spiro atoms. The lowest BCUT2D eigenvalue weighted by Crippen LogP contribution is -2.15. The van der Waals surface area contributed by atoms with Crippen molar-refractivity contribution in [2.75, 3.05) is 25.1 Å². The first-order chi connectivity index (χ1) is 13.2. The molecule has 3 aromatic rings. The number of carbonyl (C=O) groups excluding carboxylic acids is 1. The fourth-order valence-corrected chi connectivity index (χ4v) is 2.75. The second kappa shape index (κ2) is 7.41. The van der Waals surface area contributed by atoms with E-state index in [-0.39, 0.29) is 11.6 Å². The van der Waals surface area contributed by atoms with Crippen molar-refractivity contribution in [3.63, 3.8) is 0 Å². The van der Waals surface area contributed by atoms with Gasteiger partial charge >= 0.3 is 0 Å². The standard InChI is InChI=1S/C20H18N2O5/c1-2-24-16-6-4-3-5-14(16)21-20(23)15-12-18(27-22-15)13-7-8-17-19(11-13)26-10-9-25-17/h3-8,11-12H,2,9-10H2,1H3,(H,21,23). The number of fused-ring (bicyclic) bond motifs is 1. The Balaban J connectivity index is 1.53. The first kappa shape index (κ1) is 17.0. The highest BCUT2D eigenvalue weighted by Gasteiger charge is 2.18. The number of hydrogen-bond acceptors (Lipinski definition) is 6. The molecule has 4 rings (SSSR count). The first-order valence-corrected chi connectivity index (χ1v) is 8.64. The molecule has 0 unspecified atom stereocenters. The van der Waals surface area contributed by atoms with Gasteiger partial charge in [-0.05, 0) is 37.3 Å². The number of nitrogens with zero attached hydrogens (tertiary/aromatic N) is 1. The maximum Gasteiger partial charge on any atom is 0.277 e. The Labute approximate surface area is 155 Å². The Kier molecular flexibility index (Phi) is 4.65. The molecule has 0 aliphatic carbocycles. The monoisotopic (exact) mass is 366 g/mol. The molecule has 0 radical (unpaired) electrons. The van der Waals surface area contributed by atoms with Crippen LogP contribution in [-0.2, 0) is 0 Å². The molecule has 2 heterocycles. The van der Waals surface area contributed by atoms with Crippen molar-refractivity contribution in [1.82, 2.24) is 5.16 Å². The molecule has 1 aliphatic heterocycles. The Morgan fingerprint density at radius 3 is 2.78 bits per heavy atom. The molecule has 1 amide bonds. The van der Waals surface area contributed by atoms with Gasteiger partial charge in [-0.2, -0.15) is 0 Å². The van der Waals surface area contributed by atoms with E-state index in [1.54, 1.807) is 24.3 Å². The quantitative estimate of drug-likeness (QED) is 0.740. The van der Waals surface area contributed by atoms with E-state index in [9.17, 15) is 4.79 Å². The van der Waals surface area contributed by atoms with E-state index in [1.165, 1.54) is 0 Å². The van der Waals surface area contributed by atoms with Crippen LogP contribution in [0.25, 0.3) is 11.3 Å². The molecular formula is C20H18N2O5. The number of nitrogens with one attached hydrogen (secondary N) is 1. The second-order valence-electron chi connectivity index (χ2n) is 5.82. The van der Waals surface area contributed by atoms with Gasteiger partial charge in [-0.1, -0.05) is 17.3 Å². The minimum Gasteiger partial charge on any atom is -0.492 e. The second-order valence-corrected chi connectivity index (χ2v) is 5.82. The molecular weight excluding hydrogens is 348 g/mol. The van der Waals surface area contributed by atoms with E-state index in [1.807, 2.05) is 31.2 Å². The summed E-state index contributed by atoms with van der Waals surface area (Å²) in [5, 5.41) is 6.67. The zero-order valence-corrected chi connectivity index (χ0v) is 14.7. The molecule has 0 saturated heterocycles. The summed E-state index contributed by atoms with van der Waals surface area (Å²) in [5.41, 5.74) is 1.50. The number of ether oxygens (including phenoxy) is 3. The summed E-state index contributed by atoms with van der Waals surface area (Å²) < 4.78 is 21.9. The number of benzene rings is 2. The van der Waals surface area contributed by atoms with Crippen LogP contribution in [0.2, 0.25) is 0 Å². The predicted molar refractivity (Wildman–Crippen MR) is 98.5 cm³/mol. The van der Waals surface area contributed by atoms with Crippen LogP contribution in [0.1, 0.15) is 17.4 Å². The highest BCUT2D eigenvalue weighted by molar-refractivity contribution is 6.04. The van der Waals surface area contributed by atoms with Crippen LogP contribution in [0.4, 0.5) is 5.69 Å². The van der Waals surface area contributed by atoms with Crippen molar-refractivity contribution < 1.29 is 23.5 Å². The number of para-hydroxylation sites is 2. The van der Waals surface area contributed by atoms with Gasteiger partial charge in [0, 0.05) is 11.6 Å². The zero-order chi connectivity index (χ0) is 18.6. The minimum absolute atomic E-state index is 0.172. The number of hydrogen-bond donors (Lipinski definition) is 1. The lowest BCUT2D eigenvalue weighted by molar-refractivity contribution is 0.101. The Morgan fingerprint density at radius 2 is 1.93 bits per heavy atom. The molecule has 7 nitrogen and oxygen atoms in total. The van der Waals surface area contributed by atoms with Crippen molar-refractivity contribution in [3.8, 4) is 28.6 Å². The Bertz CT molecular complexity index is 967. The van der Waals surface area contributed by atoms with Gasteiger partial charge in [0.25, 0.3) is 5.91 Å². The number of amides is 1. The summed E-state index contributed by atoms with van der Waals surface area (Å²) >= 11 is 0. The third kappa shape index (κ3) is 3.57. The molecule has 0 saturated carbocycles. The number of anilines is 1. The molecule has 0 bridgehead atoms. The van der Waals surface area contributed by atoms with Gasteiger partial charge in [0.15, 0.2) is 23.0 Å². The molecule has 1 aromatic heterocycles. The molecule has 138 valence electrons. The normalized spacial score (nSPS) is 12.5. The smallest absolute Gasteiger partial charge is 0.277 e. The van der Waals surface area contributed by atoms with Gasteiger partial charge < -0.3 is 24.1 Å². The maximum atomic E-state index is 12.5. The number of carbonyl (C=O) groups is 1. The van der Waals surface area contributed by atoms with Crippen LogP contribution in [0.3, 0.4) is 0 Å². The number of rotatable bonds is 5. The van der Waals surface area contributed by atoms with Gasteiger partial charge in [-0.15, -0.1) is 0 Å². The summed E-state index contributed by atoms with van der Waals surface area (Å²) in [6.45, 7) is 3.42. The molecule has 27 heavy (non-hydrogen) atoms. The van der Waals surface area contributed by atoms with Gasteiger partial charge in [-0.3, -0.25) is 4.79 Å². The van der Waals surface area contributed by atoms with Gasteiger partial charge in [0.05, 0.1) is 12.3 Å². The SMILES string of the molecule is CCOc1ccccc1NC(=O)c1cc(-c2ccc3c(c2)OCCO3)on1. The van der Waals surface area contributed by atoms with Crippen LogP contribution in [0.5, 0.6) is 17.2 Å². The van der Waals surface area contributed by atoms with Crippen molar-refractivity contribution in [1.29, 1.82) is 0 Å². The maximum absolute atomic E-state index is 12.5. The average Bonchev–Trinajstić information content (AvgIpc) is 3.20. The van der Waals surface area contributed by atoms with E-state index < -0.39 is 0 Å². The van der Waals surface area contributed by atoms with E-state index in [0.717, 1.165) is 5.56 Å². The van der Waals surface area contributed by atoms with Crippen molar-refractivity contribution in [2.24, 2.45) is 0 Å². The van der Waals surface area contributed by atoms with Crippen LogP contribution < -0.4 is 19.5 Å². The molecule has 0 atom stereocenters. The lowest BCUT2D eigenvalue weighted by Gasteiger charge is -2.18. The fourth-order valence-electron chi connectivity index (χ4n) is 2.75. The molecule has 7 heteroatoms. The van der Waals surface area contributed by atoms with Crippen molar-refractivity contribution in [3.05, 3.63) is 54.2 Å². The van der Waals surface area contributed by atoms with Crippen LogP contribution >= 0.6 is 0 Å². The summed E-state index contributed by atoms with van der Waals surface area (Å²) in [6.07, 6.45) is 0. The van der Waals surface area contributed by atoms with Crippen molar-refractivity contribution in [2.45, 2.75) is 6.92 Å². The van der Waals surface area contributed by atoms with Crippen molar-refractivity contribution >= 4 is 11.6 Å². The largest absolute Gasteiger partial charge is 0.492 e. The summed E-state index contributed by atoms with van der Waals surface area (Å²) in [5.74, 6) is 2.02. The minimum atomic E-state index is -0.380. The van der Waals surface area contributed by atoms with Gasteiger partial charge in [0.1, 0.15) is 19.0 Å². The first-order valence-electron chi connectivity index (χ1n) is 8.64. The van der Waals surface area contributed by atoms with Crippen LogP contribution in [0, 0.1) is 0 Å². The van der Waals surface area contributed by atoms with E-state index >= 15 is 0 Å². The Morgan fingerprint density at radius 1 is 1.11 bits per heavy atom. The van der Waals surface area contributed by atoms with Crippen LogP contribution in [-0.4, -0.2) is 30.9 Å². The predicted octanol–water partition coefficient (Wildman–Crippen LogP) is 3.76. The highest BCUT2D eigenvalue weighted by atomic mass is 16.6. The topological polar surface area (TPSA) is 82.8 Å². The zero-order valence-electron chi connectivity index (χ0n) is 14.7. The van der Waals surface area contributed by atoms with Crippen LogP contribution in [0.15, 0.2) is 53.1 Å². The van der Waals surface area contributed by atoms with Gasteiger partial charge in [-0.25, -0.2) is 0 Å². The van der Waals surface area contributed by atoms with E-state index in [2.05, 4.69) is 10.5 Å².